The molecule has 2 aromatic rings. The van der Waals surface area contributed by atoms with E-state index in [9.17, 15) is 10.1 Å². The molecule has 0 atom stereocenters. The van der Waals surface area contributed by atoms with Crippen molar-refractivity contribution in [2.24, 2.45) is 0 Å². The Morgan fingerprint density at radius 1 is 1.48 bits per heavy atom. The fraction of sp³-hybridized carbons (Fsp3) is 0.438. The van der Waals surface area contributed by atoms with Gasteiger partial charge in [0.2, 0.25) is 0 Å². The fourth-order valence-corrected chi connectivity index (χ4v) is 2.81. The highest BCUT2D eigenvalue weighted by Crippen LogP contribution is 2.34. The number of nitro groups is 1. The minimum atomic E-state index is -0.403. The van der Waals surface area contributed by atoms with Gasteiger partial charge in [0.15, 0.2) is 5.75 Å². The third-order valence-corrected chi connectivity index (χ3v) is 4.02. The van der Waals surface area contributed by atoms with E-state index in [0.717, 1.165) is 48.4 Å². The SMILES string of the molecule is CCCOc1ccc(-c2n[nH]c3c2CN(C)CC3)cc1[N+](=O)[O-]. The summed E-state index contributed by atoms with van der Waals surface area (Å²) < 4.78 is 5.47. The number of benzene rings is 1. The quantitative estimate of drug-likeness (QED) is 0.677. The zero-order valence-corrected chi connectivity index (χ0v) is 13.3. The molecule has 1 aliphatic rings. The van der Waals surface area contributed by atoms with E-state index in [1.54, 1.807) is 12.1 Å². The highest BCUT2D eigenvalue weighted by atomic mass is 16.6. The van der Waals surface area contributed by atoms with E-state index >= 15 is 0 Å². The molecule has 0 fully saturated rings. The Labute approximate surface area is 134 Å². The van der Waals surface area contributed by atoms with Gasteiger partial charge in [0.1, 0.15) is 0 Å². The van der Waals surface area contributed by atoms with Gasteiger partial charge in [-0.1, -0.05) is 6.92 Å². The predicted octanol–water partition coefficient (Wildman–Crippen LogP) is 2.76. The van der Waals surface area contributed by atoms with E-state index in [-0.39, 0.29) is 5.69 Å². The second kappa shape index (κ2) is 6.37. The Bertz CT molecular complexity index is 726. The smallest absolute Gasteiger partial charge is 0.311 e. The molecule has 0 aliphatic carbocycles. The van der Waals surface area contributed by atoms with E-state index in [0.29, 0.717) is 12.4 Å². The number of nitrogens with zero attached hydrogens (tertiary/aromatic N) is 3. The number of hydrogen-bond acceptors (Lipinski definition) is 5. The zero-order chi connectivity index (χ0) is 16.4. The van der Waals surface area contributed by atoms with Gasteiger partial charge in [-0.05, 0) is 25.6 Å². The predicted molar refractivity (Wildman–Crippen MR) is 86.5 cm³/mol. The van der Waals surface area contributed by atoms with Crippen LogP contribution in [0.2, 0.25) is 0 Å². The zero-order valence-electron chi connectivity index (χ0n) is 13.3. The number of aromatic nitrogens is 2. The van der Waals surface area contributed by atoms with Gasteiger partial charge in [0.05, 0.1) is 17.2 Å². The lowest BCUT2D eigenvalue weighted by atomic mass is 10.0. The molecular weight excluding hydrogens is 296 g/mol. The van der Waals surface area contributed by atoms with Crippen LogP contribution >= 0.6 is 0 Å². The third kappa shape index (κ3) is 3.05. The number of fused-ring (bicyclic) bond motifs is 1. The molecule has 0 unspecified atom stereocenters. The summed E-state index contributed by atoms with van der Waals surface area (Å²) in [5.41, 5.74) is 3.75. The van der Waals surface area contributed by atoms with Gasteiger partial charge in [0.25, 0.3) is 0 Å². The van der Waals surface area contributed by atoms with Crippen LogP contribution in [-0.4, -0.2) is 40.2 Å². The summed E-state index contributed by atoms with van der Waals surface area (Å²) in [5.74, 6) is 0.308. The van der Waals surface area contributed by atoms with Crippen molar-refractivity contribution in [1.82, 2.24) is 15.1 Å². The summed E-state index contributed by atoms with van der Waals surface area (Å²) in [6.45, 7) is 4.21. The number of likely N-dealkylation sites (N-methyl/N-ethyl adjacent to an activating group) is 1. The molecular formula is C16H20N4O3. The van der Waals surface area contributed by atoms with Crippen LogP contribution in [0.4, 0.5) is 5.69 Å². The first-order chi connectivity index (χ1) is 11.1. The first kappa shape index (κ1) is 15.5. The second-order valence-corrected chi connectivity index (χ2v) is 5.81. The van der Waals surface area contributed by atoms with Crippen molar-refractivity contribution in [3.05, 3.63) is 39.6 Å². The van der Waals surface area contributed by atoms with Crippen molar-refractivity contribution in [1.29, 1.82) is 0 Å². The van der Waals surface area contributed by atoms with Crippen LogP contribution in [0.5, 0.6) is 5.75 Å². The van der Waals surface area contributed by atoms with Crippen molar-refractivity contribution in [2.75, 3.05) is 20.2 Å². The Balaban J connectivity index is 1.99. The summed E-state index contributed by atoms with van der Waals surface area (Å²) in [6, 6.07) is 5.05. The van der Waals surface area contributed by atoms with Gasteiger partial charge in [0, 0.05) is 42.4 Å². The number of ether oxygens (including phenoxy) is 1. The highest BCUT2D eigenvalue weighted by Gasteiger charge is 2.23. The molecule has 0 amide bonds. The first-order valence-electron chi connectivity index (χ1n) is 7.76. The molecule has 0 saturated heterocycles. The molecule has 1 N–H and O–H groups in total. The van der Waals surface area contributed by atoms with Crippen LogP contribution in [0.25, 0.3) is 11.3 Å². The van der Waals surface area contributed by atoms with Gasteiger partial charge in [-0.15, -0.1) is 0 Å². The second-order valence-electron chi connectivity index (χ2n) is 5.81. The van der Waals surface area contributed by atoms with Crippen LogP contribution in [-0.2, 0) is 13.0 Å². The van der Waals surface area contributed by atoms with Crippen LogP contribution in [0.3, 0.4) is 0 Å². The molecule has 7 heteroatoms. The maximum Gasteiger partial charge on any atom is 0.311 e. The fourth-order valence-electron chi connectivity index (χ4n) is 2.81. The minimum Gasteiger partial charge on any atom is -0.487 e. The van der Waals surface area contributed by atoms with Gasteiger partial charge >= 0.3 is 5.69 Å². The molecule has 122 valence electrons. The largest absolute Gasteiger partial charge is 0.487 e. The molecule has 1 aliphatic heterocycles. The summed E-state index contributed by atoms with van der Waals surface area (Å²) in [4.78, 5) is 13.2. The lowest BCUT2D eigenvalue weighted by Crippen LogP contribution is -2.26. The summed E-state index contributed by atoms with van der Waals surface area (Å²) >= 11 is 0. The van der Waals surface area contributed by atoms with Crippen LogP contribution in [0, 0.1) is 10.1 Å². The van der Waals surface area contributed by atoms with Gasteiger partial charge in [-0.2, -0.15) is 5.10 Å². The average molecular weight is 316 g/mol. The van der Waals surface area contributed by atoms with Gasteiger partial charge < -0.3 is 9.64 Å². The lowest BCUT2D eigenvalue weighted by Gasteiger charge is -2.22. The van der Waals surface area contributed by atoms with E-state index in [2.05, 4.69) is 22.1 Å². The molecule has 23 heavy (non-hydrogen) atoms. The lowest BCUT2D eigenvalue weighted by molar-refractivity contribution is -0.385. The number of rotatable bonds is 5. The third-order valence-electron chi connectivity index (χ3n) is 4.02. The van der Waals surface area contributed by atoms with Crippen molar-refractivity contribution in [3.8, 4) is 17.0 Å². The standard InChI is InChI=1S/C16H20N4O3/c1-3-8-23-15-5-4-11(9-14(15)20(21)22)16-12-10-19(2)7-6-13(12)17-18-16/h4-5,9H,3,6-8,10H2,1-2H3,(H,17,18). The normalized spacial score (nSPS) is 14.5. The van der Waals surface area contributed by atoms with Crippen LogP contribution < -0.4 is 4.74 Å². The Hall–Kier alpha value is -2.41. The van der Waals surface area contributed by atoms with Crippen LogP contribution in [0.1, 0.15) is 24.6 Å². The van der Waals surface area contributed by atoms with Crippen molar-refractivity contribution in [3.63, 3.8) is 0 Å². The van der Waals surface area contributed by atoms with Crippen molar-refractivity contribution in [2.45, 2.75) is 26.3 Å². The van der Waals surface area contributed by atoms with Crippen molar-refractivity contribution < 1.29 is 9.66 Å². The summed E-state index contributed by atoms with van der Waals surface area (Å²) in [7, 11) is 2.06. The minimum absolute atomic E-state index is 0.0168. The van der Waals surface area contributed by atoms with E-state index in [1.165, 1.54) is 0 Å². The monoisotopic (exact) mass is 316 g/mol. The maximum absolute atomic E-state index is 11.3. The number of hydrogen-bond donors (Lipinski definition) is 1. The first-order valence-corrected chi connectivity index (χ1v) is 7.76. The number of nitrogens with one attached hydrogen (secondary N) is 1. The van der Waals surface area contributed by atoms with E-state index < -0.39 is 4.92 Å². The number of aromatic amines is 1. The molecule has 2 heterocycles. The number of nitro benzene ring substituents is 1. The average Bonchev–Trinajstić information content (AvgIpc) is 2.95. The molecule has 1 aromatic carbocycles. The summed E-state index contributed by atoms with van der Waals surface area (Å²) in [6.07, 6.45) is 1.72. The summed E-state index contributed by atoms with van der Waals surface area (Å²) in [5, 5.41) is 18.8. The Morgan fingerprint density at radius 3 is 3.04 bits per heavy atom. The number of H-pyrrole nitrogens is 1. The molecule has 1 aromatic heterocycles. The molecule has 7 nitrogen and oxygen atoms in total. The molecule has 0 radical (unpaired) electrons. The molecule has 0 bridgehead atoms. The van der Waals surface area contributed by atoms with Crippen molar-refractivity contribution >= 4 is 5.69 Å². The van der Waals surface area contributed by atoms with Gasteiger partial charge in [-0.3, -0.25) is 15.2 Å². The maximum atomic E-state index is 11.3. The Kier molecular flexibility index (Phi) is 4.29. The Morgan fingerprint density at radius 2 is 2.30 bits per heavy atom. The highest BCUT2D eigenvalue weighted by molar-refractivity contribution is 5.69. The topological polar surface area (TPSA) is 84.3 Å². The van der Waals surface area contributed by atoms with E-state index in [4.69, 9.17) is 4.74 Å². The van der Waals surface area contributed by atoms with Crippen LogP contribution in [0.15, 0.2) is 18.2 Å². The van der Waals surface area contributed by atoms with E-state index in [1.807, 2.05) is 13.0 Å². The molecule has 0 spiro atoms. The molecule has 0 saturated carbocycles. The molecule has 3 rings (SSSR count). The van der Waals surface area contributed by atoms with Gasteiger partial charge in [-0.25, -0.2) is 0 Å².